The standard InChI is InChI=1S/C20H19ClFN3O5S3/c1-2-30-17(26)11-24-13-6-5-12(22)10-15(13)31-20(24)23-19(27)14-4-3-9-25(14)33(28,29)18-8-7-16(21)32-18/h5-8,10,14H,2-4,9,11H2,1H3. The van der Waals surface area contributed by atoms with Crippen molar-refractivity contribution in [2.24, 2.45) is 4.99 Å². The summed E-state index contributed by atoms with van der Waals surface area (Å²) in [5.41, 5.74) is 0.519. The van der Waals surface area contributed by atoms with E-state index in [0.29, 0.717) is 27.4 Å². The molecule has 0 saturated carbocycles. The molecule has 8 nitrogen and oxygen atoms in total. The molecular weight excluding hydrogens is 513 g/mol. The summed E-state index contributed by atoms with van der Waals surface area (Å²) in [5.74, 6) is -1.65. The van der Waals surface area contributed by atoms with E-state index in [4.69, 9.17) is 16.3 Å². The maximum absolute atomic E-state index is 13.7. The molecule has 1 saturated heterocycles. The van der Waals surface area contributed by atoms with Crippen LogP contribution in [0.1, 0.15) is 19.8 Å². The van der Waals surface area contributed by atoms with Gasteiger partial charge in [0.05, 0.1) is 21.2 Å². The average Bonchev–Trinajstić information content (AvgIpc) is 3.48. The molecule has 1 unspecified atom stereocenters. The Balaban J connectivity index is 1.72. The quantitative estimate of drug-likeness (QED) is 0.454. The van der Waals surface area contributed by atoms with Gasteiger partial charge in [0.15, 0.2) is 4.80 Å². The van der Waals surface area contributed by atoms with Gasteiger partial charge in [0.2, 0.25) is 0 Å². The van der Waals surface area contributed by atoms with Gasteiger partial charge < -0.3 is 9.30 Å². The fourth-order valence-corrected chi connectivity index (χ4v) is 7.94. The number of hydrogen-bond acceptors (Lipinski definition) is 7. The summed E-state index contributed by atoms with van der Waals surface area (Å²) in [4.78, 5) is 29.6. The summed E-state index contributed by atoms with van der Waals surface area (Å²) in [6, 6.07) is 5.96. The van der Waals surface area contributed by atoms with Gasteiger partial charge in [0, 0.05) is 6.54 Å². The van der Waals surface area contributed by atoms with Gasteiger partial charge in [0.25, 0.3) is 15.9 Å². The fraction of sp³-hybridized carbons (Fsp3) is 0.350. The summed E-state index contributed by atoms with van der Waals surface area (Å²) >= 11 is 7.86. The lowest BCUT2D eigenvalue weighted by Gasteiger charge is -2.20. The van der Waals surface area contributed by atoms with Gasteiger partial charge >= 0.3 is 5.97 Å². The van der Waals surface area contributed by atoms with Crippen LogP contribution in [0.5, 0.6) is 0 Å². The third-order valence-electron chi connectivity index (χ3n) is 5.04. The zero-order valence-corrected chi connectivity index (χ0v) is 20.6. The third kappa shape index (κ3) is 4.90. The van der Waals surface area contributed by atoms with Crippen LogP contribution in [0.4, 0.5) is 4.39 Å². The number of hydrogen-bond donors (Lipinski definition) is 0. The molecule has 1 aliphatic heterocycles. The molecule has 3 heterocycles. The number of thiazole rings is 1. The maximum atomic E-state index is 13.7. The van der Waals surface area contributed by atoms with E-state index < -0.39 is 33.8 Å². The smallest absolute Gasteiger partial charge is 0.326 e. The molecule has 0 N–H and O–H groups in total. The Morgan fingerprint density at radius 3 is 2.76 bits per heavy atom. The van der Waals surface area contributed by atoms with Crippen LogP contribution in [0, 0.1) is 5.82 Å². The monoisotopic (exact) mass is 531 g/mol. The molecule has 3 aromatic rings. The van der Waals surface area contributed by atoms with E-state index >= 15 is 0 Å². The molecule has 1 aliphatic rings. The number of aromatic nitrogens is 1. The Morgan fingerprint density at radius 1 is 1.27 bits per heavy atom. The molecule has 176 valence electrons. The molecular formula is C20H19ClFN3O5S3. The second-order valence-electron chi connectivity index (χ2n) is 7.17. The summed E-state index contributed by atoms with van der Waals surface area (Å²) in [5, 5.41) is 0. The number of rotatable bonds is 6. The van der Waals surface area contributed by atoms with E-state index in [1.165, 1.54) is 34.9 Å². The van der Waals surface area contributed by atoms with E-state index in [1.54, 1.807) is 6.92 Å². The summed E-state index contributed by atoms with van der Waals surface area (Å²) in [7, 11) is -3.91. The van der Waals surface area contributed by atoms with Crippen LogP contribution >= 0.6 is 34.3 Å². The number of esters is 1. The van der Waals surface area contributed by atoms with Crippen molar-refractivity contribution in [3.05, 3.63) is 45.3 Å². The number of ether oxygens (including phenoxy) is 1. The highest BCUT2D eigenvalue weighted by Crippen LogP contribution is 2.32. The number of carbonyl (C=O) groups is 2. The lowest BCUT2D eigenvalue weighted by atomic mass is 10.2. The SMILES string of the molecule is CCOC(=O)Cn1c(=NC(=O)C2CCCN2S(=O)(=O)c2ccc(Cl)s2)sc2cc(F)ccc21. The van der Waals surface area contributed by atoms with Crippen molar-refractivity contribution in [3.8, 4) is 0 Å². The van der Waals surface area contributed by atoms with E-state index in [2.05, 4.69) is 4.99 Å². The zero-order valence-electron chi connectivity index (χ0n) is 17.4. The van der Waals surface area contributed by atoms with Crippen LogP contribution < -0.4 is 4.80 Å². The van der Waals surface area contributed by atoms with Crippen LogP contribution in [0.25, 0.3) is 10.2 Å². The van der Waals surface area contributed by atoms with Crippen molar-refractivity contribution in [2.75, 3.05) is 13.2 Å². The van der Waals surface area contributed by atoms with Gasteiger partial charge in [-0.05, 0) is 50.1 Å². The average molecular weight is 532 g/mol. The molecule has 1 fully saturated rings. The molecule has 0 radical (unpaired) electrons. The highest BCUT2D eigenvalue weighted by atomic mass is 35.5. The first kappa shape index (κ1) is 24.0. The topological polar surface area (TPSA) is 98.0 Å². The van der Waals surface area contributed by atoms with E-state index in [-0.39, 0.29) is 28.7 Å². The highest BCUT2D eigenvalue weighted by molar-refractivity contribution is 7.91. The van der Waals surface area contributed by atoms with Crippen molar-refractivity contribution in [2.45, 2.75) is 36.6 Å². The molecule has 0 spiro atoms. The molecule has 0 aliphatic carbocycles. The zero-order chi connectivity index (χ0) is 23.8. The van der Waals surface area contributed by atoms with Crippen molar-refractivity contribution in [1.29, 1.82) is 0 Å². The number of benzene rings is 1. The Kier molecular flexibility index (Phi) is 7.01. The van der Waals surface area contributed by atoms with Crippen LogP contribution in [-0.2, 0) is 30.9 Å². The Morgan fingerprint density at radius 2 is 2.06 bits per heavy atom. The van der Waals surface area contributed by atoms with Crippen LogP contribution in [-0.4, -0.2) is 48.4 Å². The minimum Gasteiger partial charge on any atom is -0.465 e. The highest BCUT2D eigenvalue weighted by Gasteiger charge is 2.40. The third-order valence-corrected chi connectivity index (χ3v) is 9.69. The van der Waals surface area contributed by atoms with Gasteiger partial charge in [0.1, 0.15) is 22.6 Å². The van der Waals surface area contributed by atoms with Crippen molar-refractivity contribution < 1.29 is 27.1 Å². The minimum atomic E-state index is -3.91. The maximum Gasteiger partial charge on any atom is 0.326 e. The molecule has 1 amide bonds. The second kappa shape index (κ2) is 9.63. The summed E-state index contributed by atoms with van der Waals surface area (Å²) in [6.45, 7) is 1.83. The van der Waals surface area contributed by atoms with Gasteiger partial charge in [-0.3, -0.25) is 9.59 Å². The molecule has 2 aromatic heterocycles. The number of halogens is 2. The lowest BCUT2D eigenvalue weighted by Crippen LogP contribution is -2.40. The largest absolute Gasteiger partial charge is 0.465 e. The Hall–Kier alpha value is -2.12. The van der Waals surface area contributed by atoms with Crippen LogP contribution in [0.2, 0.25) is 4.34 Å². The van der Waals surface area contributed by atoms with Crippen LogP contribution in [0.3, 0.4) is 0 Å². The second-order valence-corrected chi connectivity index (χ2v) is 12.0. The van der Waals surface area contributed by atoms with Crippen molar-refractivity contribution >= 4 is 66.4 Å². The molecule has 33 heavy (non-hydrogen) atoms. The molecule has 13 heteroatoms. The van der Waals surface area contributed by atoms with Gasteiger partial charge in [-0.25, -0.2) is 12.8 Å². The predicted molar refractivity (Wildman–Crippen MR) is 123 cm³/mol. The number of carbonyl (C=O) groups excluding carboxylic acids is 2. The Labute approximate surface area is 201 Å². The number of amides is 1. The van der Waals surface area contributed by atoms with Gasteiger partial charge in [-0.15, -0.1) is 11.3 Å². The van der Waals surface area contributed by atoms with Gasteiger partial charge in [-0.1, -0.05) is 22.9 Å². The molecule has 0 bridgehead atoms. The van der Waals surface area contributed by atoms with E-state index in [0.717, 1.165) is 27.0 Å². The first-order valence-electron chi connectivity index (χ1n) is 10.0. The number of thiophene rings is 1. The molecule has 1 aromatic carbocycles. The predicted octanol–water partition coefficient (Wildman–Crippen LogP) is 3.40. The van der Waals surface area contributed by atoms with E-state index in [9.17, 15) is 22.4 Å². The number of sulfonamides is 1. The van der Waals surface area contributed by atoms with E-state index in [1.807, 2.05) is 0 Å². The fourth-order valence-electron chi connectivity index (χ4n) is 3.62. The summed E-state index contributed by atoms with van der Waals surface area (Å²) < 4.78 is 48.4. The lowest BCUT2D eigenvalue weighted by molar-refractivity contribution is -0.143. The number of nitrogens with zero attached hydrogens (tertiary/aromatic N) is 3. The normalized spacial score (nSPS) is 17.7. The summed E-state index contributed by atoms with van der Waals surface area (Å²) in [6.07, 6.45) is 0.822. The van der Waals surface area contributed by atoms with Crippen molar-refractivity contribution in [3.63, 3.8) is 0 Å². The first-order valence-corrected chi connectivity index (χ1v) is 13.5. The Bertz CT molecular complexity index is 1400. The van der Waals surface area contributed by atoms with Crippen molar-refractivity contribution in [1.82, 2.24) is 8.87 Å². The first-order chi connectivity index (χ1) is 15.7. The molecule has 1 atom stereocenters. The van der Waals surface area contributed by atoms with Gasteiger partial charge in [-0.2, -0.15) is 9.30 Å². The number of fused-ring (bicyclic) bond motifs is 1. The minimum absolute atomic E-state index is 0.0573. The molecule has 4 rings (SSSR count). The van der Waals surface area contributed by atoms with Crippen LogP contribution in [0.15, 0.2) is 39.5 Å².